The maximum atomic E-state index is 11.7. The first kappa shape index (κ1) is 24.4. The SMILES string of the molecule is COC(=O)C1CC1c1ccc(-c2ccc(-c3cnn(C)c3Nc3cncc(OC(C)(C)C)n3)nc2)cc1. The van der Waals surface area contributed by atoms with Crippen molar-refractivity contribution in [1.29, 1.82) is 0 Å². The number of aryl methyl sites for hydroxylation is 1. The molecule has 0 radical (unpaired) electrons. The molecule has 0 amide bonds. The first-order valence-electron chi connectivity index (χ1n) is 12.2. The van der Waals surface area contributed by atoms with Gasteiger partial charge in [0.25, 0.3) is 0 Å². The molecule has 0 bridgehead atoms. The third kappa shape index (κ3) is 5.45. The summed E-state index contributed by atoms with van der Waals surface area (Å²) in [4.78, 5) is 25.2. The van der Waals surface area contributed by atoms with E-state index in [-0.39, 0.29) is 23.4 Å². The fourth-order valence-corrected chi connectivity index (χ4v) is 4.29. The Kier molecular flexibility index (Phi) is 6.37. The third-order valence-electron chi connectivity index (χ3n) is 6.21. The van der Waals surface area contributed by atoms with Gasteiger partial charge in [-0.2, -0.15) is 10.1 Å². The van der Waals surface area contributed by atoms with Gasteiger partial charge < -0.3 is 14.8 Å². The Labute approximate surface area is 215 Å². The van der Waals surface area contributed by atoms with E-state index in [1.165, 1.54) is 7.11 Å². The minimum atomic E-state index is -0.375. The first-order chi connectivity index (χ1) is 17.7. The van der Waals surface area contributed by atoms with Crippen LogP contribution in [-0.4, -0.2) is 43.4 Å². The molecule has 4 aromatic rings. The van der Waals surface area contributed by atoms with Gasteiger partial charge in [-0.05, 0) is 50.3 Å². The van der Waals surface area contributed by atoms with Crippen molar-refractivity contribution >= 4 is 17.6 Å². The standard InChI is InChI=1S/C28H30N6O3/c1-28(2,3)37-25-16-29-15-24(32-25)33-26-22(14-31-34(26)4)23-11-10-19(13-30-23)17-6-8-18(9-7-17)20-12-21(20)27(35)36-5/h6-11,13-16,20-21H,12H2,1-5H3,(H,32,33). The predicted molar refractivity (Wildman–Crippen MR) is 140 cm³/mol. The normalized spacial score (nSPS) is 16.8. The zero-order chi connectivity index (χ0) is 26.2. The highest BCUT2D eigenvalue weighted by Crippen LogP contribution is 2.48. The number of pyridine rings is 1. The molecule has 1 fully saturated rings. The topological polar surface area (TPSA) is 104 Å². The van der Waals surface area contributed by atoms with Crippen LogP contribution >= 0.6 is 0 Å². The van der Waals surface area contributed by atoms with Crippen LogP contribution in [0.2, 0.25) is 0 Å². The quantitative estimate of drug-likeness (QED) is 0.350. The van der Waals surface area contributed by atoms with Gasteiger partial charge in [-0.3, -0.25) is 19.4 Å². The van der Waals surface area contributed by atoms with Gasteiger partial charge in [0.1, 0.15) is 11.4 Å². The van der Waals surface area contributed by atoms with Crippen LogP contribution in [0.3, 0.4) is 0 Å². The molecule has 1 N–H and O–H groups in total. The lowest BCUT2D eigenvalue weighted by atomic mass is 10.0. The predicted octanol–water partition coefficient (Wildman–Crippen LogP) is 5.14. The fourth-order valence-electron chi connectivity index (χ4n) is 4.29. The van der Waals surface area contributed by atoms with E-state index in [9.17, 15) is 4.79 Å². The Morgan fingerprint density at radius 3 is 2.46 bits per heavy atom. The zero-order valence-corrected chi connectivity index (χ0v) is 21.6. The molecule has 0 saturated heterocycles. The van der Waals surface area contributed by atoms with Crippen LogP contribution in [0.1, 0.15) is 38.7 Å². The van der Waals surface area contributed by atoms with Gasteiger partial charge in [0.05, 0.1) is 42.9 Å². The number of methoxy groups -OCH3 is 1. The molecule has 2 unspecified atom stereocenters. The number of rotatable bonds is 7. The molecule has 1 aromatic carbocycles. The minimum absolute atomic E-state index is 0.0152. The average Bonchev–Trinajstić information content (AvgIpc) is 3.61. The van der Waals surface area contributed by atoms with Gasteiger partial charge in [-0.1, -0.05) is 30.3 Å². The number of hydrogen-bond acceptors (Lipinski definition) is 8. The Morgan fingerprint density at radius 2 is 1.78 bits per heavy atom. The summed E-state index contributed by atoms with van der Waals surface area (Å²) < 4.78 is 12.4. The summed E-state index contributed by atoms with van der Waals surface area (Å²) in [5.74, 6) is 1.85. The minimum Gasteiger partial charge on any atom is -0.471 e. The van der Waals surface area contributed by atoms with E-state index in [1.54, 1.807) is 23.3 Å². The number of carbonyl (C=O) groups is 1. The van der Waals surface area contributed by atoms with E-state index in [4.69, 9.17) is 14.5 Å². The molecule has 0 spiro atoms. The van der Waals surface area contributed by atoms with Crippen LogP contribution in [-0.2, 0) is 16.6 Å². The highest BCUT2D eigenvalue weighted by molar-refractivity contribution is 5.78. The Bertz CT molecular complexity index is 1410. The van der Waals surface area contributed by atoms with Crippen LogP contribution in [0.4, 0.5) is 11.6 Å². The van der Waals surface area contributed by atoms with E-state index in [2.05, 4.69) is 44.6 Å². The number of esters is 1. The molecular formula is C28H30N6O3. The zero-order valence-electron chi connectivity index (χ0n) is 21.6. The van der Waals surface area contributed by atoms with Crippen molar-refractivity contribution in [3.05, 3.63) is 66.7 Å². The highest BCUT2D eigenvalue weighted by atomic mass is 16.5. The fraction of sp³-hybridized carbons (Fsp3) is 0.321. The van der Waals surface area contributed by atoms with Crippen molar-refractivity contribution < 1.29 is 14.3 Å². The van der Waals surface area contributed by atoms with E-state index < -0.39 is 0 Å². The van der Waals surface area contributed by atoms with Crippen LogP contribution in [0.15, 0.2) is 61.2 Å². The van der Waals surface area contributed by atoms with Gasteiger partial charge in [0.15, 0.2) is 5.82 Å². The molecule has 5 rings (SSSR count). The third-order valence-corrected chi connectivity index (χ3v) is 6.21. The van der Waals surface area contributed by atoms with Gasteiger partial charge >= 0.3 is 5.97 Å². The number of anilines is 2. The smallest absolute Gasteiger partial charge is 0.309 e. The molecule has 0 aliphatic heterocycles. The molecule has 1 aliphatic carbocycles. The van der Waals surface area contributed by atoms with Gasteiger partial charge in [-0.25, -0.2) is 0 Å². The summed E-state index contributed by atoms with van der Waals surface area (Å²) in [6, 6.07) is 12.3. The summed E-state index contributed by atoms with van der Waals surface area (Å²) in [6.45, 7) is 5.89. The largest absolute Gasteiger partial charge is 0.471 e. The number of benzene rings is 1. The van der Waals surface area contributed by atoms with Crippen molar-refractivity contribution in [1.82, 2.24) is 24.7 Å². The van der Waals surface area contributed by atoms with Crippen LogP contribution in [0.25, 0.3) is 22.4 Å². The maximum absolute atomic E-state index is 11.7. The van der Waals surface area contributed by atoms with Crippen molar-refractivity contribution in [2.75, 3.05) is 12.4 Å². The lowest BCUT2D eigenvalue weighted by Crippen LogP contribution is -2.23. The summed E-state index contributed by atoms with van der Waals surface area (Å²) in [5, 5.41) is 7.71. The van der Waals surface area contributed by atoms with Gasteiger partial charge in [-0.15, -0.1) is 0 Å². The highest BCUT2D eigenvalue weighted by Gasteiger charge is 2.44. The maximum Gasteiger partial charge on any atom is 0.309 e. The molecular weight excluding hydrogens is 468 g/mol. The number of nitrogens with one attached hydrogen (secondary N) is 1. The van der Waals surface area contributed by atoms with E-state index in [0.29, 0.717) is 11.7 Å². The molecule has 190 valence electrons. The monoisotopic (exact) mass is 498 g/mol. The molecule has 3 aromatic heterocycles. The van der Waals surface area contributed by atoms with E-state index in [1.807, 2.05) is 46.1 Å². The van der Waals surface area contributed by atoms with Crippen LogP contribution in [0, 0.1) is 5.92 Å². The second-order valence-corrected chi connectivity index (χ2v) is 10.1. The molecule has 2 atom stereocenters. The first-order valence-corrected chi connectivity index (χ1v) is 12.2. The van der Waals surface area contributed by atoms with Crippen molar-refractivity contribution in [2.24, 2.45) is 13.0 Å². The van der Waals surface area contributed by atoms with Crippen LogP contribution in [0.5, 0.6) is 5.88 Å². The molecule has 1 aliphatic rings. The lowest BCUT2D eigenvalue weighted by molar-refractivity contribution is -0.142. The average molecular weight is 499 g/mol. The molecule has 37 heavy (non-hydrogen) atoms. The van der Waals surface area contributed by atoms with E-state index >= 15 is 0 Å². The molecule has 9 nitrogen and oxygen atoms in total. The number of nitrogens with zero attached hydrogens (tertiary/aromatic N) is 5. The summed E-state index contributed by atoms with van der Waals surface area (Å²) >= 11 is 0. The molecule has 1 saturated carbocycles. The van der Waals surface area contributed by atoms with Crippen molar-refractivity contribution in [2.45, 2.75) is 38.7 Å². The molecule has 9 heteroatoms. The van der Waals surface area contributed by atoms with Crippen LogP contribution < -0.4 is 10.1 Å². The van der Waals surface area contributed by atoms with Gasteiger partial charge in [0.2, 0.25) is 5.88 Å². The lowest BCUT2D eigenvalue weighted by Gasteiger charge is -2.20. The second-order valence-electron chi connectivity index (χ2n) is 10.1. The number of aromatic nitrogens is 5. The second kappa shape index (κ2) is 9.65. The Balaban J connectivity index is 1.32. The number of carbonyl (C=O) groups excluding carboxylic acids is 1. The number of ether oxygens (including phenoxy) is 2. The Morgan fingerprint density at radius 1 is 1.03 bits per heavy atom. The summed E-state index contributed by atoms with van der Waals surface area (Å²) in [7, 11) is 3.30. The molecule has 3 heterocycles. The van der Waals surface area contributed by atoms with Crippen molar-refractivity contribution in [3.63, 3.8) is 0 Å². The van der Waals surface area contributed by atoms with Gasteiger partial charge in [0, 0.05) is 18.8 Å². The Hall–Kier alpha value is -4.27. The van der Waals surface area contributed by atoms with Crippen molar-refractivity contribution in [3.8, 4) is 28.3 Å². The number of hydrogen-bond donors (Lipinski definition) is 1. The van der Waals surface area contributed by atoms with E-state index in [0.717, 1.165) is 40.2 Å². The summed E-state index contributed by atoms with van der Waals surface area (Å²) in [6.07, 6.45) is 7.71. The summed E-state index contributed by atoms with van der Waals surface area (Å²) in [5.41, 5.74) is 4.48.